The van der Waals surface area contributed by atoms with Crippen molar-refractivity contribution < 1.29 is 17.9 Å². The van der Waals surface area contributed by atoms with Crippen molar-refractivity contribution in [3.63, 3.8) is 0 Å². The lowest BCUT2D eigenvalue weighted by molar-refractivity contribution is -0.132. The number of rotatable bonds is 7. The predicted octanol–water partition coefficient (Wildman–Crippen LogP) is 2.50. The fourth-order valence-corrected chi connectivity index (χ4v) is 4.16. The van der Waals surface area contributed by atoms with Crippen LogP contribution in [0.4, 0.5) is 5.69 Å². The lowest BCUT2D eigenvalue weighted by Crippen LogP contribution is -2.39. The van der Waals surface area contributed by atoms with Crippen molar-refractivity contribution in [3.8, 4) is 5.75 Å². The molecular weight excluding hydrogens is 340 g/mol. The number of benzene rings is 1. The monoisotopic (exact) mass is 368 g/mol. The predicted molar refractivity (Wildman–Crippen MR) is 99.4 cm³/mol. The molecule has 0 saturated carbocycles. The van der Waals surface area contributed by atoms with Gasteiger partial charge in [-0.3, -0.25) is 9.10 Å². The number of ether oxygens (including phenoxy) is 1. The first-order chi connectivity index (χ1) is 11.8. The second-order valence-electron chi connectivity index (χ2n) is 6.73. The summed E-state index contributed by atoms with van der Waals surface area (Å²) in [5.41, 5.74) is 0.556. The van der Waals surface area contributed by atoms with Crippen LogP contribution in [0.5, 0.6) is 5.75 Å². The zero-order chi connectivity index (χ0) is 18.4. The number of nitrogens with zero attached hydrogens (tertiary/aromatic N) is 2. The zero-order valence-corrected chi connectivity index (χ0v) is 16.1. The molecule has 7 heteroatoms. The third kappa shape index (κ3) is 5.63. The van der Waals surface area contributed by atoms with E-state index in [0.717, 1.165) is 19.5 Å². The van der Waals surface area contributed by atoms with Crippen molar-refractivity contribution in [1.29, 1.82) is 0 Å². The molecular formula is C18H28N2O4S. The van der Waals surface area contributed by atoms with Crippen molar-refractivity contribution in [1.82, 2.24) is 4.90 Å². The summed E-state index contributed by atoms with van der Waals surface area (Å²) in [5.74, 6) is 1.26. The molecule has 0 N–H and O–H groups in total. The Labute approximate surface area is 150 Å². The Hall–Kier alpha value is -1.76. The molecule has 0 radical (unpaired) electrons. The number of carbonyl (C=O) groups excluding carboxylic acids is 1. The maximum absolute atomic E-state index is 12.3. The number of hydrogen-bond donors (Lipinski definition) is 0. The van der Waals surface area contributed by atoms with Crippen LogP contribution in [-0.2, 0) is 14.8 Å². The van der Waals surface area contributed by atoms with Crippen molar-refractivity contribution in [3.05, 3.63) is 24.3 Å². The van der Waals surface area contributed by atoms with E-state index in [4.69, 9.17) is 4.74 Å². The van der Waals surface area contributed by atoms with Gasteiger partial charge in [-0.25, -0.2) is 8.42 Å². The van der Waals surface area contributed by atoms with Crippen LogP contribution in [-0.4, -0.2) is 52.2 Å². The first-order valence-corrected chi connectivity index (χ1v) is 10.6. The quantitative estimate of drug-likeness (QED) is 0.742. The van der Waals surface area contributed by atoms with E-state index >= 15 is 0 Å². The molecule has 1 aliphatic rings. The lowest BCUT2D eigenvalue weighted by atomic mass is 10.00. The normalized spacial score (nSPS) is 18.0. The Bertz CT molecular complexity index is 690. The van der Waals surface area contributed by atoms with Gasteiger partial charge in [-0.05, 0) is 37.3 Å². The van der Waals surface area contributed by atoms with Crippen LogP contribution in [0.25, 0.3) is 0 Å². The molecule has 0 aliphatic carbocycles. The van der Waals surface area contributed by atoms with Crippen molar-refractivity contribution in [2.45, 2.75) is 32.6 Å². The SMILES string of the molecule is COc1cccc(N(CCCC(=O)N2CCCC(C)C2)S(C)(=O)=O)c1. The van der Waals surface area contributed by atoms with Crippen LogP contribution in [0, 0.1) is 5.92 Å². The number of methoxy groups -OCH3 is 1. The summed E-state index contributed by atoms with van der Waals surface area (Å²) < 4.78 is 30.8. The van der Waals surface area contributed by atoms with Crippen LogP contribution in [0.1, 0.15) is 32.6 Å². The summed E-state index contributed by atoms with van der Waals surface area (Å²) in [6.07, 6.45) is 4.25. The molecule has 1 aromatic rings. The van der Waals surface area contributed by atoms with E-state index < -0.39 is 10.0 Å². The molecule has 1 heterocycles. The molecule has 1 unspecified atom stereocenters. The van der Waals surface area contributed by atoms with Gasteiger partial charge in [-0.1, -0.05) is 13.0 Å². The van der Waals surface area contributed by atoms with E-state index in [1.807, 2.05) is 4.90 Å². The Morgan fingerprint density at radius 2 is 2.16 bits per heavy atom. The average Bonchev–Trinajstić information content (AvgIpc) is 2.57. The summed E-state index contributed by atoms with van der Waals surface area (Å²) in [4.78, 5) is 14.3. The second-order valence-corrected chi connectivity index (χ2v) is 8.63. The maximum Gasteiger partial charge on any atom is 0.232 e. The number of anilines is 1. The van der Waals surface area contributed by atoms with Gasteiger partial charge in [0.15, 0.2) is 0 Å². The summed E-state index contributed by atoms with van der Waals surface area (Å²) >= 11 is 0. The highest BCUT2D eigenvalue weighted by Gasteiger charge is 2.22. The summed E-state index contributed by atoms with van der Waals surface area (Å²) in [6.45, 7) is 4.06. The third-order valence-electron chi connectivity index (χ3n) is 4.50. The van der Waals surface area contributed by atoms with Gasteiger partial charge in [-0.15, -0.1) is 0 Å². The second kappa shape index (κ2) is 8.56. The molecule has 0 spiro atoms. The fraction of sp³-hybridized carbons (Fsp3) is 0.611. The molecule has 1 amide bonds. The number of hydrogen-bond acceptors (Lipinski definition) is 4. The molecule has 1 fully saturated rings. The molecule has 25 heavy (non-hydrogen) atoms. The maximum atomic E-state index is 12.3. The fourth-order valence-electron chi connectivity index (χ4n) is 3.20. The molecule has 6 nitrogen and oxygen atoms in total. The molecule has 1 aliphatic heterocycles. The molecule has 1 aromatic carbocycles. The number of piperidine rings is 1. The lowest BCUT2D eigenvalue weighted by Gasteiger charge is -2.31. The molecule has 140 valence electrons. The Morgan fingerprint density at radius 1 is 1.40 bits per heavy atom. The standard InChI is InChI=1S/C18H28N2O4S/c1-15-7-5-11-19(14-15)18(21)10-6-12-20(25(3,22)23)16-8-4-9-17(13-16)24-2/h4,8-9,13,15H,5-7,10-12,14H2,1-3H3. The topological polar surface area (TPSA) is 66.9 Å². The Morgan fingerprint density at radius 3 is 2.80 bits per heavy atom. The van der Waals surface area contributed by atoms with E-state index in [2.05, 4.69) is 6.92 Å². The van der Waals surface area contributed by atoms with Crippen molar-refractivity contribution in [2.24, 2.45) is 5.92 Å². The van der Waals surface area contributed by atoms with E-state index in [1.54, 1.807) is 31.4 Å². The Balaban J connectivity index is 1.97. The molecule has 1 saturated heterocycles. The summed E-state index contributed by atoms with van der Waals surface area (Å²) in [5, 5.41) is 0. The average molecular weight is 368 g/mol. The van der Waals surface area contributed by atoms with Crippen LogP contribution in [0.3, 0.4) is 0 Å². The van der Waals surface area contributed by atoms with Crippen molar-refractivity contribution in [2.75, 3.05) is 37.3 Å². The molecule has 0 bridgehead atoms. The smallest absolute Gasteiger partial charge is 0.232 e. The molecule has 2 rings (SSSR count). The Kier molecular flexibility index (Phi) is 6.70. The van der Waals surface area contributed by atoms with Crippen molar-refractivity contribution >= 4 is 21.6 Å². The van der Waals surface area contributed by atoms with Crippen LogP contribution in [0.2, 0.25) is 0 Å². The minimum absolute atomic E-state index is 0.116. The minimum atomic E-state index is -3.42. The third-order valence-corrected chi connectivity index (χ3v) is 5.70. The minimum Gasteiger partial charge on any atom is -0.497 e. The number of amides is 1. The van der Waals surface area contributed by atoms with Gasteiger partial charge < -0.3 is 9.64 Å². The van der Waals surface area contributed by atoms with Gasteiger partial charge in [0.2, 0.25) is 15.9 Å². The van der Waals surface area contributed by atoms with E-state index in [9.17, 15) is 13.2 Å². The first-order valence-electron chi connectivity index (χ1n) is 8.71. The van der Waals surface area contributed by atoms with Crippen LogP contribution < -0.4 is 9.04 Å². The van der Waals surface area contributed by atoms with Gasteiger partial charge in [0.25, 0.3) is 0 Å². The highest BCUT2D eigenvalue weighted by atomic mass is 32.2. The van der Waals surface area contributed by atoms with Gasteiger partial charge in [0, 0.05) is 32.1 Å². The highest BCUT2D eigenvalue weighted by Crippen LogP contribution is 2.24. The molecule has 1 atom stereocenters. The number of sulfonamides is 1. The van der Waals surface area contributed by atoms with E-state index in [1.165, 1.54) is 17.0 Å². The van der Waals surface area contributed by atoms with Crippen LogP contribution >= 0.6 is 0 Å². The highest BCUT2D eigenvalue weighted by molar-refractivity contribution is 7.92. The summed E-state index contributed by atoms with van der Waals surface area (Å²) in [7, 11) is -1.88. The van der Waals surface area contributed by atoms with Gasteiger partial charge in [0.05, 0.1) is 19.1 Å². The first kappa shape index (κ1) is 19.6. The van der Waals surface area contributed by atoms with E-state index in [-0.39, 0.29) is 12.5 Å². The van der Waals surface area contributed by atoms with Gasteiger partial charge >= 0.3 is 0 Å². The number of likely N-dealkylation sites (tertiary alicyclic amines) is 1. The van der Waals surface area contributed by atoms with E-state index in [0.29, 0.717) is 30.2 Å². The van der Waals surface area contributed by atoms with Gasteiger partial charge in [-0.2, -0.15) is 0 Å². The zero-order valence-electron chi connectivity index (χ0n) is 15.3. The number of carbonyl (C=O) groups is 1. The van der Waals surface area contributed by atoms with Crippen LogP contribution in [0.15, 0.2) is 24.3 Å². The summed E-state index contributed by atoms with van der Waals surface area (Å²) in [6, 6.07) is 6.95. The largest absolute Gasteiger partial charge is 0.497 e. The van der Waals surface area contributed by atoms with Gasteiger partial charge in [0.1, 0.15) is 5.75 Å². The molecule has 0 aromatic heterocycles.